The van der Waals surface area contributed by atoms with Crippen LogP contribution < -0.4 is 4.74 Å². The van der Waals surface area contributed by atoms with Crippen LogP contribution in [0.3, 0.4) is 0 Å². The molecule has 0 bridgehead atoms. The number of carbonyl (C=O) groups is 1. The lowest BCUT2D eigenvalue weighted by atomic mass is 9.96. The van der Waals surface area contributed by atoms with Gasteiger partial charge >= 0.3 is 0 Å². The first-order valence-electron chi connectivity index (χ1n) is 6.97. The van der Waals surface area contributed by atoms with Crippen LogP contribution in [0.5, 0.6) is 5.75 Å². The monoisotopic (exact) mass is 375 g/mol. The maximum atomic E-state index is 12.4. The van der Waals surface area contributed by atoms with Crippen molar-refractivity contribution in [2.75, 3.05) is 13.1 Å². The summed E-state index contributed by atoms with van der Waals surface area (Å²) in [6.45, 7) is 4.74. The van der Waals surface area contributed by atoms with E-state index in [1.165, 1.54) is 0 Å². The van der Waals surface area contributed by atoms with E-state index in [1.54, 1.807) is 30.0 Å². The van der Waals surface area contributed by atoms with Gasteiger partial charge in [0.05, 0.1) is 10.6 Å². The molecule has 1 fully saturated rings. The van der Waals surface area contributed by atoms with Crippen LogP contribution in [0.25, 0.3) is 0 Å². The number of likely N-dealkylation sites (tertiary alicyclic amines) is 1. The number of aliphatic hydroxyl groups excluding tert-OH is 1. The third kappa shape index (κ3) is 4.11. The minimum atomic E-state index is -0.608. The highest BCUT2D eigenvalue weighted by atomic mass is 79.9. The molecule has 0 aromatic heterocycles. The molecule has 0 aliphatic carbocycles. The Labute approximate surface area is 138 Å². The molecule has 1 aromatic rings. The first kappa shape index (κ1) is 16.6. The number of piperidine rings is 1. The number of nitrogens with zero attached hydrogens (tertiary/aromatic N) is 1. The molecule has 116 valence electrons. The Balaban J connectivity index is 1.99. The van der Waals surface area contributed by atoms with E-state index in [9.17, 15) is 9.90 Å². The summed E-state index contributed by atoms with van der Waals surface area (Å²) in [7, 11) is 0. The number of hydrogen-bond donors (Lipinski definition) is 1. The van der Waals surface area contributed by atoms with E-state index in [1.807, 2.05) is 6.92 Å². The molecule has 4 nitrogen and oxygen atoms in total. The fraction of sp³-hybridized carbons (Fsp3) is 0.533. The molecule has 3 atom stereocenters. The maximum Gasteiger partial charge on any atom is 0.263 e. The number of ether oxygens (including phenoxy) is 1. The fourth-order valence-corrected chi connectivity index (χ4v) is 3.09. The first-order chi connectivity index (χ1) is 9.88. The highest BCUT2D eigenvalue weighted by Gasteiger charge is 2.30. The van der Waals surface area contributed by atoms with E-state index in [-0.39, 0.29) is 11.8 Å². The normalized spacial score (nSPS) is 23.8. The first-order valence-corrected chi connectivity index (χ1v) is 8.14. The largest absolute Gasteiger partial charge is 0.480 e. The second-order valence-electron chi connectivity index (χ2n) is 5.45. The molecule has 1 saturated heterocycles. The van der Waals surface area contributed by atoms with Crippen molar-refractivity contribution in [2.45, 2.75) is 32.5 Å². The summed E-state index contributed by atoms with van der Waals surface area (Å²) in [6.07, 6.45) is -0.259. The highest BCUT2D eigenvalue weighted by Crippen LogP contribution is 2.29. The average Bonchev–Trinajstić information content (AvgIpc) is 2.44. The van der Waals surface area contributed by atoms with Crippen LogP contribution in [0.15, 0.2) is 22.7 Å². The summed E-state index contributed by atoms with van der Waals surface area (Å²) < 4.78 is 6.41. The van der Waals surface area contributed by atoms with Gasteiger partial charge in [-0.3, -0.25) is 4.79 Å². The Morgan fingerprint density at radius 1 is 1.57 bits per heavy atom. The van der Waals surface area contributed by atoms with Gasteiger partial charge in [0.25, 0.3) is 5.91 Å². The van der Waals surface area contributed by atoms with Crippen molar-refractivity contribution in [3.05, 3.63) is 27.7 Å². The standard InChI is InChI=1S/C15H19BrClNO3/c1-9-5-6-18(8-13(9)19)15(20)10(2)21-14-4-3-11(17)7-12(14)16/h3-4,7,9-10,13,19H,5-6,8H2,1-2H3. The van der Waals surface area contributed by atoms with Crippen LogP contribution in [0, 0.1) is 5.92 Å². The highest BCUT2D eigenvalue weighted by molar-refractivity contribution is 9.10. The molecule has 6 heteroatoms. The molecule has 1 aliphatic rings. The second-order valence-corrected chi connectivity index (χ2v) is 6.74. The van der Waals surface area contributed by atoms with E-state index in [4.69, 9.17) is 16.3 Å². The number of amides is 1. The number of benzene rings is 1. The van der Waals surface area contributed by atoms with Gasteiger partial charge in [0.15, 0.2) is 6.10 Å². The number of rotatable bonds is 3. The minimum Gasteiger partial charge on any atom is -0.480 e. The molecule has 1 aliphatic heterocycles. The van der Waals surface area contributed by atoms with Gasteiger partial charge < -0.3 is 14.7 Å². The van der Waals surface area contributed by atoms with Crippen molar-refractivity contribution < 1.29 is 14.6 Å². The third-order valence-electron chi connectivity index (χ3n) is 3.78. The number of hydrogen-bond acceptors (Lipinski definition) is 3. The number of carbonyl (C=O) groups excluding carboxylic acids is 1. The molecule has 0 radical (unpaired) electrons. The number of halogens is 2. The van der Waals surface area contributed by atoms with Crippen molar-refractivity contribution in [1.29, 1.82) is 0 Å². The summed E-state index contributed by atoms with van der Waals surface area (Å²) in [5, 5.41) is 10.5. The van der Waals surface area contributed by atoms with E-state index in [0.717, 1.165) is 6.42 Å². The van der Waals surface area contributed by atoms with E-state index < -0.39 is 12.2 Å². The van der Waals surface area contributed by atoms with Crippen molar-refractivity contribution >= 4 is 33.4 Å². The molecule has 1 aromatic carbocycles. The van der Waals surface area contributed by atoms with Gasteiger partial charge in [0.2, 0.25) is 0 Å². The van der Waals surface area contributed by atoms with E-state index >= 15 is 0 Å². The smallest absolute Gasteiger partial charge is 0.263 e. The second kappa shape index (κ2) is 6.99. The topological polar surface area (TPSA) is 49.8 Å². The minimum absolute atomic E-state index is 0.109. The summed E-state index contributed by atoms with van der Waals surface area (Å²) in [5.74, 6) is 0.699. The molecule has 0 saturated carbocycles. The van der Waals surface area contributed by atoms with Gasteiger partial charge in [-0.25, -0.2) is 0 Å². The summed E-state index contributed by atoms with van der Waals surface area (Å²) in [4.78, 5) is 14.0. The van der Waals surface area contributed by atoms with Crippen molar-refractivity contribution in [2.24, 2.45) is 5.92 Å². The van der Waals surface area contributed by atoms with Crippen molar-refractivity contribution in [3.8, 4) is 5.75 Å². The van der Waals surface area contributed by atoms with Crippen LogP contribution in [0.2, 0.25) is 5.02 Å². The zero-order valence-corrected chi connectivity index (χ0v) is 14.4. The Morgan fingerprint density at radius 3 is 2.90 bits per heavy atom. The van der Waals surface area contributed by atoms with Crippen LogP contribution in [-0.2, 0) is 4.79 Å². The van der Waals surface area contributed by atoms with Gasteiger partial charge in [-0.15, -0.1) is 0 Å². The zero-order valence-electron chi connectivity index (χ0n) is 12.1. The van der Waals surface area contributed by atoms with Gasteiger partial charge in [-0.1, -0.05) is 18.5 Å². The lowest BCUT2D eigenvalue weighted by Gasteiger charge is -2.35. The molecule has 21 heavy (non-hydrogen) atoms. The Kier molecular flexibility index (Phi) is 5.52. The van der Waals surface area contributed by atoms with Gasteiger partial charge in [-0.2, -0.15) is 0 Å². The molecule has 1 amide bonds. The predicted molar refractivity (Wildman–Crippen MR) is 85.6 cm³/mol. The Morgan fingerprint density at radius 2 is 2.29 bits per heavy atom. The number of β-amino-alcohol motifs (C(OH)–C–C–N with tert-alkyl or cyclic N) is 1. The Hall–Kier alpha value is -0.780. The molecule has 2 rings (SSSR count). The molecule has 0 spiro atoms. The molecule has 3 unspecified atom stereocenters. The lowest BCUT2D eigenvalue weighted by molar-refractivity contribution is -0.142. The zero-order chi connectivity index (χ0) is 15.6. The van der Waals surface area contributed by atoms with Gasteiger partial charge in [0, 0.05) is 18.1 Å². The summed E-state index contributed by atoms with van der Waals surface area (Å²) >= 11 is 9.24. The summed E-state index contributed by atoms with van der Waals surface area (Å²) in [6, 6.07) is 5.16. The molecular formula is C15H19BrClNO3. The SMILES string of the molecule is CC(Oc1ccc(Cl)cc1Br)C(=O)N1CCC(C)C(O)C1. The third-order valence-corrected chi connectivity index (χ3v) is 4.63. The van der Waals surface area contributed by atoms with Crippen LogP contribution in [0.4, 0.5) is 0 Å². The van der Waals surface area contributed by atoms with Gasteiger partial charge in [-0.05, 0) is 53.4 Å². The maximum absolute atomic E-state index is 12.4. The quantitative estimate of drug-likeness (QED) is 0.882. The molecular weight excluding hydrogens is 358 g/mol. The Bertz CT molecular complexity index is 526. The van der Waals surface area contributed by atoms with E-state index in [0.29, 0.717) is 28.3 Å². The van der Waals surface area contributed by atoms with Crippen molar-refractivity contribution in [3.63, 3.8) is 0 Å². The van der Waals surface area contributed by atoms with Crippen LogP contribution in [0.1, 0.15) is 20.3 Å². The van der Waals surface area contributed by atoms with Crippen molar-refractivity contribution in [1.82, 2.24) is 4.90 Å². The van der Waals surface area contributed by atoms with Crippen LogP contribution in [-0.4, -0.2) is 41.2 Å². The van der Waals surface area contributed by atoms with Gasteiger partial charge in [0.1, 0.15) is 5.75 Å². The fourth-order valence-electron chi connectivity index (χ4n) is 2.32. The number of aliphatic hydroxyl groups is 1. The lowest BCUT2D eigenvalue weighted by Crippen LogP contribution is -2.49. The average molecular weight is 377 g/mol. The molecule has 1 N–H and O–H groups in total. The van der Waals surface area contributed by atoms with E-state index in [2.05, 4.69) is 15.9 Å². The molecule has 1 heterocycles. The summed E-state index contributed by atoms with van der Waals surface area (Å²) in [5.41, 5.74) is 0. The predicted octanol–water partition coefficient (Wildman–Crippen LogP) is 3.10. The van der Waals surface area contributed by atoms with Crippen LogP contribution >= 0.6 is 27.5 Å².